The molecular weight excluding hydrogens is 442 g/mol. The molecule has 0 atom stereocenters. The van der Waals surface area contributed by atoms with Crippen molar-refractivity contribution in [3.63, 3.8) is 0 Å². The van der Waals surface area contributed by atoms with Gasteiger partial charge in [0.1, 0.15) is 5.58 Å². The van der Waals surface area contributed by atoms with E-state index in [0.29, 0.717) is 55.3 Å². The maximum Gasteiger partial charge on any atom is 0.227 e. The Labute approximate surface area is 223 Å². The Bertz CT molecular complexity index is 2120. The van der Waals surface area contributed by atoms with E-state index in [9.17, 15) is 0 Å². The first-order valence-corrected chi connectivity index (χ1v) is 11.6. The highest BCUT2D eigenvalue weighted by Gasteiger charge is 2.21. The Kier molecular flexibility index (Phi) is 3.22. The summed E-state index contributed by atoms with van der Waals surface area (Å²) in [6.07, 6.45) is 1.32. The number of fused-ring (bicyclic) bond motifs is 4. The number of nitrogens with zero attached hydrogens (tertiary/aromatic N) is 3. The minimum atomic E-state index is -2.54. The first-order valence-electron chi connectivity index (χ1n) is 16.1. The summed E-state index contributed by atoms with van der Waals surface area (Å²) in [5.74, 6) is 0. The van der Waals surface area contributed by atoms with E-state index in [-0.39, 0.29) is 22.5 Å². The SMILES string of the molecule is [2H]C([2H])([2H])c1ccc2nc(C(C)(C)C)cc(-c3cc(-c4cccc5c4oc4nc(C([2H])([2H])[2H])ccc45)ncc3C([2H])([2H])[2H])c2c1. The normalized spacial score (nSPS) is 16.9. The standard InChI is InChI=1S/C32H29N3O/c1-18-10-13-27-26(14-18)25(16-29(35-27)32(4,5)6)24-15-28(33-17-19(24)2)23-9-7-8-21-22-12-11-20(3)34-31(22)36-30(21)23/h7-17H,1-6H3/i1D3,2D3,3D3. The maximum absolute atomic E-state index is 8.35. The van der Waals surface area contributed by atoms with Crippen LogP contribution in [0.4, 0.5) is 0 Å². The second kappa shape index (κ2) is 7.99. The van der Waals surface area contributed by atoms with Gasteiger partial charge in [0.05, 0.1) is 11.2 Å². The molecule has 0 saturated carbocycles. The van der Waals surface area contributed by atoms with Gasteiger partial charge in [-0.3, -0.25) is 9.97 Å². The molecule has 4 heterocycles. The van der Waals surface area contributed by atoms with Crippen LogP contribution in [0.1, 0.15) is 55.6 Å². The summed E-state index contributed by atoms with van der Waals surface area (Å²) in [4.78, 5) is 13.6. The largest absolute Gasteiger partial charge is 0.437 e. The third-order valence-corrected chi connectivity index (χ3v) is 6.41. The molecule has 6 aromatic rings. The Morgan fingerprint density at radius 2 is 1.69 bits per heavy atom. The lowest BCUT2D eigenvalue weighted by Crippen LogP contribution is -2.14. The Hall–Kier alpha value is -4.05. The van der Waals surface area contributed by atoms with Crippen molar-refractivity contribution in [2.24, 2.45) is 0 Å². The van der Waals surface area contributed by atoms with E-state index in [4.69, 9.17) is 21.7 Å². The van der Waals surface area contributed by atoms with E-state index in [1.165, 1.54) is 18.3 Å². The predicted octanol–water partition coefficient (Wildman–Crippen LogP) is 8.48. The number of aromatic nitrogens is 3. The molecule has 0 radical (unpaired) electrons. The van der Waals surface area contributed by atoms with Crippen molar-refractivity contribution >= 4 is 33.0 Å². The van der Waals surface area contributed by atoms with Gasteiger partial charge in [0.2, 0.25) is 5.71 Å². The van der Waals surface area contributed by atoms with Crippen LogP contribution in [-0.2, 0) is 5.41 Å². The minimum absolute atomic E-state index is 0.00124. The van der Waals surface area contributed by atoms with E-state index in [0.717, 1.165) is 0 Å². The molecule has 2 aromatic carbocycles. The zero-order valence-corrected chi connectivity index (χ0v) is 20.1. The van der Waals surface area contributed by atoms with Crippen LogP contribution in [0.15, 0.2) is 71.3 Å². The first-order chi connectivity index (χ1) is 20.8. The van der Waals surface area contributed by atoms with E-state index in [2.05, 4.69) is 9.97 Å². The third-order valence-electron chi connectivity index (χ3n) is 6.41. The number of benzene rings is 2. The second-order valence-corrected chi connectivity index (χ2v) is 9.99. The Balaban J connectivity index is 1.66. The highest BCUT2D eigenvalue weighted by Crippen LogP contribution is 2.39. The molecule has 0 spiro atoms. The van der Waals surface area contributed by atoms with Gasteiger partial charge in [-0.2, -0.15) is 0 Å². The molecule has 6 rings (SSSR count). The smallest absolute Gasteiger partial charge is 0.227 e. The van der Waals surface area contributed by atoms with Crippen LogP contribution in [0.2, 0.25) is 0 Å². The zero-order chi connectivity index (χ0) is 32.7. The lowest BCUT2D eigenvalue weighted by Gasteiger charge is -2.21. The van der Waals surface area contributed by atoms with Crippen LogP contribution in [-0.4, -0.2) is 15.0 Å². The van der Waals surface area contributed by atoms with Crippen molar-refractivity contribution < 1.29 is 16.8 Å². The molecule has 4 heteroatoms. The van der Waals surface area contributed by atoms with Gasteiger partial charge in [0, 0.05) is 57.1 Å². The highest BCUT2D eigenvalue weighted by atomic mass is 16.3. The summed E-state index contributed by atoms with van der Waals surface area (Å²) in [5.41, 5.74) is 3.29. The fraction of sp³-hybridized carbons (Fsp3) is 0.219. The Morgan fingerprint density at radius 1 is 0.778 bits per heavy atom. The summed E-state index contributed by atoms with van der Waals surface area (Å²) < 4.78 is 78.3. The molecule has 0 saturated heterocycles. The van der Waals surface area contributed by atoms with Crippen LogP contribution in [0.25, 0.3) is 55.4 Å². The van der Waals surface area contributed by atoms with Crippen molar-refractivity contribution in [3.05, 3.63) is 89.4 Å². The van der Waals surface area contributed by atoms with E-state index >= 15 is 0 Å². The average molecular weight is 481 g/mol. The van der Waals surface area contributed by atoms with Gasteiger partial charge >= 0.3 is 0 Å². The molecule has 0 N–H and O–H groups in total. The van der Waals surface area contributed by atoms with Crippen molar-refractivity contribution in [3.8, 4) is 22.4 Å². The minimum Gasteiger partial charge on any atom is -0.437 e. The predicted molar refractivity (Wildman–Crippen MR) is 148 cm³/mol. The molecule has 0 aliphatic heterocycles. The number of aryl methyl sites for hydroxylation is 3. The lowest BCUT2D eigenvalue weighted by molar-refractivity contribution is 0.572. The molecule has 4 aromatic heterocycles. The van der Waals surface area contributed by atoms with Gasteiger partial charge in [0.25, 0.3) is 0 Å². The van der Waals surface area contributed by atoms with Crippen molar-refractivity contribution in [2.75, 3.05) is 0 Å². The quantitative estimate of drug-likeness (QED) is 0.249. The molecule has 0 aliphatic rings. The molecule has 0 amide bonds. The van der Waals surface area contributed by atoms with Crippen molar-refractivity contribution in [2.45, 2.75) is 46.7 Å². The maximum atomic E-state index is 8.35. The molecule has 0 aliphatic carbocycles. The van der Waals surface area contributed by atoms with Gasteiger partial charge in [0.15, 0.2) is 0 Å². The number of hydrogen-bond donors (Lipinski definition) is 0. The summed E-state index contributed by atoms with van der Waals surface area (Å²) in [6.45, 7) is -1.33. The lowest BCUT2D eigenvalue weighted by atomic mass is 9.87. The summed E-state index contributed by atoms with van der Waals surface area (Å²) in [5, 5.41) is 1.83. The van der Waals surface area contributed by atoms with Gasteiger partial charge < -0.3 is 4.42 Å². The van der Waals surface area contributed by atoms with Crippen molar-refractivity contribution in [1.82, 2.24) is 15.0 Å². The number of hydrogen-bond acceptors (Lipinski definition) is 4. The molecule has 4 nitrogen and oxygen atoms in total. The van der Waals surface area contributed by atoms with Gasteiger partial charge in [-0.05, 0) is 79.7 Å². The molecule has 178 valence electrons. The fourth-order valence-electron chi connectivity index (χ4n) is 4.54. The molecule has 0 unspecified atom stereocenters. The van der Waals surface area contributed by atoms with E-state index < -0.39 is 26.0 Å². The van der Waals surface area contributed by atoms with Crippen molar-refractivity contribution in [1.29, 1.82) is 0 Å². The van der Waals surface area contributed by atoms with Crippen LogP contribution >= 0.6 is 0 Å². The van der Waals surface area contributed by atoms with Gasteiger partial charge in [-0.1, -0.05) is 44.5 Å². The first kappa shape index (κ1) is 14.5. The number of furan rings is 1. The summed E-state index contributed by atoms with van der Waals surface area (Å²) >= 11 is 0. The number of pyridine rings is 3. The average Bonchev–Trinajstić information content (AvgIpc) is 3.32. The highest BCUT2D eigenvalue weighted by molar-refractivity contribution is 6.08. The van der Waals surface area contributed by atoms with Crippen LogP contribution in [0.5, 0.6) is 0 Å². The van der Waals surface area contributed by atoms with Crippen LogP contribution < -0.4 is 0 Å². The van der Waals surface area contributed by atoms with E-state index in [1.807, 2.05) is 39.0 Å². The summed E-state index contributed by atoms with van der Waals surface area (Å²) in [7, 11) is 0. The second-order valence-electron chi connectivity index (χ2n) is 9.99. The zero-order valence-electron chi connectivity index (χ0n) is 29.1. The van der Waals surface area contributed by atoms with Gasteiger partial charge in [-0.15, -0.1) is 0 Å². The summed E-state index contributed by atoms with van der Waals surface area (Å²) in [6, 6.07) is 16.8. The molecule has 0 bridgehead atoms. The monoisotopic (exact) mass is 480 g/mol. The molecule has 0 fully saturated rings. The fourth-order valence-corrected chi connectivity index (χ4v) is 4.54. The van der Waals surface area contributed by atoms with Gasteiger partial charge in [-0.25, -0.2) is 4.98 Å². The third kappa shape index (κ3) is 3.65. The Morgan fingerprint density at radius 3 is 2.50 bits per heavy atom. The topological polar surface area (TPSA) is 51.8 Å². The molecular formula is C32H29N3O. The number of rotatable bonds is 2. The number of para-hydroxylation sites is 1. The van der Waals surface area contributed by atoms with E-state index in [1.54, 1.807) is 30.3 Å². The van der Waals surface area contributed by atoms with Crippen LogP contribution in [0.3, 0.4) is 0 Å². The molecule has 36 heavy (non-hydrogen) atoms. The van der Waals surface area contributed by atoms with Crippen LogP contribution in [0, 0.1) is 20.6 Å².